The lowest BCUT2D eigenvalue weighted by Crippen LogP contribution is -2.35. The quantitative estimate of drug-likeness (QED) is 0.557. The Morgan fingerprint density at radius 2 is 2.11 bits per heavy atom. The van der Waals surface area contributed by atoms with E-state index in [1.165, 1.54) is 0 Å². The van der Waals surface area contributed by atoms with Crippen molar-refractivity contribution in [2.75, 3.05) is 19.5 Å². The van der Waals surface area contributed by atoms with Crippen molar-refractivity contribution >= 4 is 11.6 Å². The van der Waals surface area contributed by atoms with Gasteiger partial charge in [-0.25, -0.2) is 4.99 Å². The zero-order valence-corrected chi connectivity index (χ0v) is 11.1. The van der Waals surface area contributed by atoms with E-state index in [-0.39, 0.29) is 12.1 Å². The monoisotopic (exact) mass is 265 g/mol. The van der Waals surface area contributed by atoms with Crippen molar-refractivity contribution in [1.29, 1.82) is 0 Å². The maximum Gasteiger partial charge on any atom is 0.193 e. The number of benzene rings is 1. The summed E-state index contributed by atoms with van der Waals surface area (Å²) in [4.78, 5) is 4.29. The van der Waals surface area contributed by atoms with Crippen molar-refractivity contribution in [1.82, 2.24) is 0 Å². The molecule has 0 unspecified atom stereocenters. The molecule has 0 heterocycles. The Bertz CT molecular complexity index is 470. The molecule has 2 rings (SSSR count). The molecule has 0 aromatic heterocycles. The molecule has 4 N–H and O–H groups in total. The van der Waals surface area contributed by atoms with E-state index in [4.69, 9.17) is 15.2 Å². The van der Waals surface area contributed by atoms with Crippen LogP contribution >= 0.6 is 0 Å². The Morgan fingerprint density at radius 3 is 2.68 bits per heavy atom. The van der Waals surface area contributed by atoms with Crippen LogP contribution in [0.3, 0.4) is 0 Å². The number of hydrogen-bond donors (Lipinski definition) is 3. The molecule has 0 saturated heterocycles. The second kappa shape index (κ2) is 5.79. The zero-order chi connectivity index (χ0) is 13.8. The van der Waals surface area contributed by atoms with Gasteiger partial charge in [0, 0.05) is 6.07 Å². The average molecular weight is 265 g/mol. The molecule has 0 radical (unpaired) electrons. The molecular formula is C13H19N3O3. The maximum atomic E-state index is 9.20. The van der Waals surface area contributed by atoms with Gasteiger partial charge in [-0.05, 0) is 25.0 Å². The summed E-state index contributed by atoms with van der Waals surface area (Å²) in [5.74, 6) is 1.67. The summed E-state index contributed by atoms with van der Waals surface area (Å²) in [5.41, 5.74) is 6.53. The van der Waals surface area contributed by atoms with E-state index < -0.39 is 0 Å². The lowest BCUT2D eigenvalue weighted by Gasteiger charge is -2.28. The number of nitrogens with zero attached hydrogens (tertiary/aromatic N) is 1. The predicted molar refractivity (Wildman–Crippen MR) is 73.8 cm³/mol. The van der Waals surface area contributed by atoms with Gasteiger partial charge < -0.3 is 25.6 Å². The molecule has 0 atom stereocenters. The van der Waals surface area contributed by atoms with Crippen molar-refractivity contribution < 1.29 is 14.6 Å². The Hall–Kier alpha value is -1.95. The predicted octanol–water partition coefficient (Wildman–Crippen LogP) is 0.954. The number of anilines is 1. The van der Waals surface area contributed by atoms with Crippen LogP contribution in [-0.4, -0.2) is 37.4 Å². The molecule has 1 aromatic carbocycles. The van der Waals surface area contributed by atoms with Crippen LogP contribution < -0.4 is 20.5 Å². The summed E-state index contributed by atoms with van der Waals surface area (Å²) < 4.78 is 10.4. The van der Waals surface area contributed by atoms with Crippen molar-refractivity contribution in [3.05, 3.63) is 18.2 Å². The van der Waals surface area contributed by atoms with Gasteiger partial charge in [-0.3, -0.25) is 0 Å². The number of ether oxygens (including phenoxy) is 2. The molecule has 0 aliphatic heterocycles. The molecule has 19 heavy (non-hydrogen) atoms. The molecular weight excluding hydrogens is 246 g/mol. The molecule has 1 aliphatic carbocycles. The average Bonchev–Trinajstić information content (AvgIpc) is 2.36. The van der Waals surface area contributed by atoms with E-state index in [1.54, 1.807) is 32.4 Å². The van der Waals surface area contributed by atoms with Gasteiger partial charge in [0.05, 0.1) is 32.1 Å². The van der Waals surface area contributed by atoms with Crippen LogP contribution in [-0.2, 0) is 0 Å². The highest BCUT2D eigenvalue weighted by atomic mass is 16.5. The van der Waals surface area contributed by atoms with Crippen molar-refractivity contribution in [2.45, 2.75) is 25.0 Å². The third kappa shape index (κ3) is 3.29. The molecule has 104 valence electrons. The number of aliphatic hydroxyl groups is 1. The van der Waals surface area contributed by atoms with Crippen molar-refractivity contribution in [2.24, 2.45) is 10.7 Å². The topological polar surface area (TPSA) is 89.1 Å². The van der Waals surface area contributed by atoms with Crippen molar-refractivity contribution in [3.63, 3.8) is 0 Å². The SMILES string of the molecule is COc1ccc(OC)c(NC(N)=NC2CC(O)C2)c1. The number of rotatable bonds is 4. The van der Waals surface area contributed by atoms with E-state index in [1.807, 2.05) is 0 Å². The molecule has 1 fully saturated rings. The van der Waals surface area contributed by atoms with Crippen LogP contribution in [0.15, 0.2) is 23.2 Å². The van der Waals surface area contributed by atoms with Crippen LogP contribution in [0.2, 0.25) is 0 Å². The summed E-state index contributed by atoms with van der Waals surface area (Å²) in [6, 6.07) is 5.48. The highest BCUT2D eigenvalue weighted by molar-refractivity contribution is 5.94. The Morgan fingerprint density at radius 1 is 1.37 bits per heavy atom. The highest BCUT2D eigenvalue weighted by Crippen LogP contribution is 2.29. The van der Waals surface area contributed by atoms with Gasteiger partial charge in [-0.15, -0.1) is 0 Å². The normalized spacial score (nSPS) is 22.6. The van der Waals surface area contributed by atoms with Gasteiger partial charge in [-0.2, -0.15) is 0 Å². The fourth-order valence-electron chi connectivity index (χ4n) is 1.94. The first-order valence-corrected chi connectivity index (χ1v) is 6.12. The molecule has 1 saturated carbocycles. The molecule has 0 amide bonds. The van der Waals surface area contributed by atoms with Crippen LogP contribution in [0.5, 0.6) is 11.5 Å². The Labute approximate surface area is 112 Å². The van der Waals surface area contributed by atoms with E-state index >= 15 is 0 Å². The number of aliphatic imine (C=N–C) groups is 1. The number of nitrogens with two attached hydrogens (primary N) is 1. The van der Waals surface area contributed by atoms with E-state index in [2.05, 4.69) is 10.3 Å². The van der Waals surface area contributed by atoms with Crippen LogP contribution in [0.1, 0.15) is 12.8 Å². The third-order valence-corrected chi connectivity index (χ3v) is 3.08. The second-order valence-corrected chi connectivity index (χ2v) is 4.48. The number of aliphatic hydroxyl groups excluding tert-OH is 1. The van der Waals surface area contributed by atoms with Gasteiger partial charge in [0.2, 0.25) is 0 Å². The lowest BCUT2D eigenvalue weighted by molar-refractivity contribution is 0.0778. The number of methoxy groups -OCH3 is 2. The Balaban J connectivity index is 2.08. The minimum Gasteiger partial charge on any atom is -0.497 e. The smallest absolute Gasteiger partial charge is 0.193 e. The molecule has 0 bridgehead atoms. The third-order valence-electron chi connectivity index (χ3n) is 3.08. The van der Waals surface area contributed by atoms with Crippen LogP contribution in [0, 0.1) is 0 Å². The van der Waals surface area contributed by atoms with Crippen LogP contribution in [0.4, 0.5) is 5.69 Å². The molecule has 1 aromatic rings. The van der Waals surface area contributed by atoms with Gasteiger partial charge in [0.1, 0.15) is 11.5 Å². The second-order valence-electron chi connectivity index (χ2n) is 4.48. The molecule has 0 spiro atoms. The first kappa shape index (κ1) is 13.5. The van der Waals surface area contributed by atoms with Crippen LogP contribution in [0.25, 0.3) is 0 Å². The van der Waals surface area contributed by atoms with Gasteiger partial charge in [0.25, 0.3) is 0 Å². The summed E-state index contributed by atoms with van der Waals surface area (Å²) in [6.45, 7) is 0. The first-order chi connectivity index (χ1) is 9.12. The zero-order valence-electron chi connectivity index (χ0n) is 11.1. The summed E-state index contributed by atoms with van der Waals surface area (Å²) in [5, 5.41) is 12.2. The maximum absolute atomic E-state index is 9.20. The van der Waals surface area contributed by atoms with E-state index in [0.717, 1.165) is 0 Å². The largest absolute Gasteiger partial charge is 0.497 e. The summed E-state index contributed by atoms with van der Waals surface area (Å²) >= 11 is 0. The number of hydrogen-bond acceptors (Lipinski definition) is 4. The first-order valence-electron chi connectivity index (χ1n) is 6.12. The number of guanidine groups is 1. The summed E-state index contributed by atoms with van der Waals surface area (Å²) in [7, 11) is 3.18. The van der Waals surface area contributed by atoms with Gasteiger partial charge in [-0.1, -0.05) is 0 Å². The lowest BCUT2D eigenvalue weighted by atomic mass is 9.90. The molecule has 6 heteroatoms. The van der Waals surface area contributed by atoms with Gasteiger partial charge >= 0.3 is 0 Å². The minimum absolute atomic E-state index is 0.0964. The number of nitrogens with one attached hydrogen (secondary N) is 1. The van der Waals surface area contributed by atoms with E-state index in [9.17, 15) is 5.11 Å². The molecule has 1 aliphatic rings. The van der Waals surface area contributed by atoms with E-state index in [0.29, 0.717) is 36.0 Å². The highest BCUT2D eigenvalue weighted by Gasteiger charge is 2.26. The minimum atomic E-state index is -0.243. The van der Waals surface area contributed by atoms with Gasteiger partial charge in [0.15, 0.2) is 5.96 Å². The fraction of sp³-hybridized carbons (Fsp3) is 0.462. The van der Waals surface area contributed by atoms with Crippen molar-refractivity contribution in [3.8, 4) is 11.5 Å². The standard InChI is InChI=1S/C13H19N3O3/c1-18-10-3-4-12(19-2)11(7-10)16-13(14)15-8-5-9(17)6-8/h3-4,7-9,17H,5-6H2,1-2H3,(H3,14,15,16). The Kier molecular flexibility index (Phi) is 4.11. The summed E-state index contributed by atoms with van der Waals surface area (Å²) in [6.07, 6.45) is 1.09. The molecule has 6 nitrogen and oxygen atoms in total. The fourth-order valence-corrected chi connectivity index (χ4v) is 1.94.